The molecule has 1 aliphatic rings. The number of aromatic nitrogens is 2. The number of H-pyrrole nitrogens is 1. The van der Waals surface area contributed by atoms with Gasteiger partial charge < -0.3 is 5.73 Å². The van der Waals surface area contributed by atoms with Crippen LogP contribution in [0.3, 0.4) is 0 Å². The van der Waals surface area contributed by atoms with E-state index in [0.717, 1.165) is 18.7 Å². The maximum Gasteiger partial charge on any atom is 0.135 e. The Morgan fingerprint density at radius 1 is 1.04 bits per heavy atom. The summed E-state index contributed by atoms with van der Waals surface area (Å²) in [6.07, 6.45) is 1.65. The molecule has 3 N–H and O–H groups in total. The molecule has 1 fully saturated rings. The van der Waals surface area contributed by atoms with E-state index in [1.165, 1.54) is 23.8 Å². The third kappa shape index (κ3) is 3.50. The molecular formula is C21H22F2N4. The van der Waals surface area contributed by atoms with E-state index in [2.05, 4.69) is 27.2 Å². The first kappa shape index (κ1) is 17.8. The molecule has 0 spiro atoms. The van der Waals surface area contributed by atoms with Gasteiger partial charge in [-0.3, -0.25) is 10.00 Å². The number of halogens is 2. The summed E-state index contributed by atoms with van der Waals surface area (Å²) in [4.78, 5) is 2.28. The Balaban J connectivity index is 1.57. The van der Waals surface area contributed by atoms with Gasteiger partial charge in [-0.25, -0.2) is 8.78 Å². The molecule has 6 heteroatoms. The Labute approximate surface area is 157 Å². The molecule has 1 aromatic heterocycles. The summed E-state index contributed by atoms with van der Waals surface area (Å²) in [7, 11) is 0. The predicted molar refractivity (Wildman–Crippen MR) is 101 cm³/mol. The van der Waals surface area contributed by atoms with Gasteiger partial charge in [-0.05, 0) is 30.2 Å². The Bertz CT molecular complexity index is 889. The normalized spacial score (nSPS) is 20.3. The second-order valence-electron chi connectivity index (χ2n) is 7.07. The number of rotatable bonds is 5. The lowest BCUT2D eigenvalue weighted by Gasteiger charge is -2.17. The highest BCUT2D eigenvalue weighted by molar-refractivity contribution is 5.64. The molecule has 4 rings (SSSR count). The van der Waals surface area contributed by atoms with Crippen LogP contribution >= 0.6 is 0 Å². The molecule has 27 heavy (non-hydrogen) atoms. The standard InChI is InChI=1S/C21H22F2N4/c22-18-7-4-8-19(23)20(18)21-16(10-25-26-21)12-27-11-15(9-24)17(13-27)14-5-2-1-3-6-14/h1-8,10,15,17H,9,11-13,24H2,(H,25,26)/t15-,17+/m1/s1. The van der Waals surface area contributed by atoms with Crippen molar-refractivity contribution in [3.05, 3.63) is 77.5 Å². The molecule has 2 heterocycles. The molecule has 0 bridgehead atoms. The Morgan fingerprint density at radius 2 is 1.78 bits per heavy atom. The van der Waals surface area contributed by atoms with E-state index in [4.69, 9.17) is 5.73 Å². The molecule has 0 amide bonds. The first-order valence-electron chi connectivity index (χ1n) is 9.11. The largest absolute Gasteiger partial charge is 0.330 e. The molecule has 0 aliphatic carbocycles. The summed E-state index contributed by atoms with van der Waals surface area (Å²) >= 11 is 0. The van der Waals surface area contributed by atoms with Gasteiger partial charge in [0.05, 0.1) is 17.5 Å². The van der Waals surface area contributed by atoms with Crippen molar-refractivity contribution in [2.75, 3.05) is 19.6 Å². The van der Waals surface area contributed by atoms with Crippen molar-refractivity contribution >= 4 is 0 Å². The average Bonchev–Trinajstić information content (AvgIpc) is 3.30. The second-order valence-corrected chi connectivity index (χ2v) is 7.07. The van der Waals surface area contributed by atoms with E-state index in [-0.39, 0.29) is 5.56 Å². The van der Waals surface area contributed by atoms with Gasteiger partial charge >= 0.3 is 0 Å². The van der Waals surface area contributed by atoms with E-state index in [9.17, 15) is 8.78 Å². The number of hydrogen-bond acceptors (Lipinski definition) is 3. The van der Waals surface area contributed by atoms with E-state index < -0.39 is 11.6 Å². The summed E-state index contributed by atoms with van der Waals surface area (Å²) in [6.45, 7) is 2.88. The molecule has 2 aromatic carbocycles. The van der Waals surface area contributed by atoms with Crippen molar-refractivity contribution in [1.29, 1.82) is 0 Å². The van der Waals surface area contributed by atoms with Crippen LogP contribution in [-0.4, -0.2) is 34.7 Å². The highest BCUT2D eigenvalue weighted by Gasteiger charge is 2.33. The van der Waals surface area contributed by atoms with Crippen LogP contribution in [0.5, 0.6) is 0 Å². The molecule has 0 unspecified atom stereocenters. The lowest BCUT2D eigenvalue weighted by atomic mass is 9.89. The van der Waals surface area contributed by atoms with Crippen molar-refractivity contribution in [1.82, 2.24) is 15.1 Å². The summed E-state index contributed by atoms with van der Waals surface area (Å²) in [6, 6.07) is 14.2. The number of nitrogens with one attached hydrogen (secondary N) is 1. The van der Waals surface area contributed by atoms with E-state index >= 15 is 0 Å². The van der Waals surface area contributed by atoms with Crippen molar-refractivity contribution < 1.29 is 8.78 Å². The fourth-order valence-corrected chi connectivity index (χ4v) is 4.03. The number of nitrogens with zero attached hydrogens (tertiary/aromatic N) is 2. The quantitative estimate of drug-likeness (QED) is 0.724. The van der Waals surface area contributed by atoms with Gasteiger partial charge in [0, 0.05) is 31.1 Å². The van der Waals surface area contributed by atoms with Gasteiger partial charge in [-0.1, -0.05) is 36.4 Å². The van der Waals surface area contributed by atoms with Crippen molar-refractivity contribution in [3.63, 3.8) is 0 Å². The zero-order valence-electron chi connectivity index (χ0n) is 14.9. The van der Waals surface area contributed by atoms with Crippen LogP contribution in [-0.2, 0) is 6.54 Å². The number of likely N-dealkylation sites (tertiary alicyclic amines) is 1. The Hall–Kier alpha value is -2.57. The first-order valence-corrected chi connectivity index (χ1v) is 9.11. The molecular weight excluding hydrogens is 346 g/mol. The van der Waals surface area contributed by atoms with Crippen LogP contribution in [0.1, 0.15) is 17.0 Å². The minimum atomic E-state index is -0.594. The van der Waals surface area contributed by atoms with Gasteiger partial charge in [0.25, 0.3) is 0 Å². The number of nitrogens with two attached hydrogens (primary N) is 1. The Morgan fingerprint density at radius 3 is 2.48 bits per heavy atom. The average molecular weight is 368 g/mol. The molecule has 1 aliphatic heterocycles. The smallest absolute Gasteiger partial charge is 0.135 e. The molecule has 140 valence electrons. The SMILES string of the molecule is NC[C@@H]1CN(Cc2cn[nH]c2-c2c(F)cccc2F)C[C@H]1c1ccccc1. The summed E-state index contributed by atoms with van der Waals surface area (Å²) < 4.78 is 28.4. The minimum Gasteiger partial charge on any atom is -0.330 e. The van der Waals surface area contributed by atoms with Gasteiger partial charge in [-0.2, -0.15) is 5.10 Å². The second kappa shape index (κ2) is 7.58. The fourth-order valence-electron chi connectivity index (χ4n) is 4.03. The number of hydrogen-bond donors (Lipinski definition) is 2. The van der Waals surface area contributed by atoms with Gasteiger partial charge in [0.15, 0.2) is 0 Å². The topological polar surface area (TPSA) is 57.9 Å². The van der Waals surface area contributed by atoms with Crippen LogP contribution in [0.4, 0.5) is 8.78 Å². The molecule has 2 atom stereocenters. The zero-order valence-corrected chi connectivity index (χ0v) is 14.9. The maximum atomic E-state index is 14.2. The van der Waals surface area contributed by atoms with Crippen LogP contribution in [0.2, 0.25) is 0 Å². The first-order chi connectivity index (χ1) is 13.2. The minimum absolute atomic E-state index is 0.0563. The third-order valence-electron chi connectivity index (χ3n) is 5.37. The van der Waals surface area contributed by atoms with E-state index in [0.29, 0.717) is 30.6 Å². The number of aromatic amines is 1. The molecule has 0 saturated carbocycles. The highest BCUT2D eigenvalue weighted by atomic mass is 19.1. The lowest BCUT2D eigenvalue weighted by Crippen LogP contribution is -2.23. The summed E-state index contributed by atoms with van der Waals surface area (Å²) in [5, 5.41) is 6.79. The monoisotopic (exact) mass is 368 g/mol. The van der Waals surface area contributed by atoms with E-state index in [1.54, 1.807) is 6.20 Å². The van der Waals surface area contributed by atoms with Crippen LogP contribution in [0, 0.1) is 17.6 Å². The number of benzene rings is 2. The van der Waals surface area contributed by atoms with E-state index in [1.807, 2.05) is 18.2 Å². The third-order valence-corrected chi connectivity index (χ3v) is 5.37. The zero-order chi connectivity index (χ0) is 18.8. The molecule has 3 aromatic rings. The predicted octanol–water partition coefficient (Wildman–Crippen LogP) is 3.53. The molecule has 1 saturated heterocycles. The molecule has 4 nitrogen and oxygen atoms in total. The van der Waals surface area contributed by atoms with Crippen LogP contribution in [0.25, 0.3) is 11.3 Å². The highest BCUT2D eigenvalue weighted by Crippen LogP contribution is 2.34. The van der Waals surface area contributed by atoms with Crippen LogP contribution in [0.15, 0.2) is 54.7 Å². The maximum absolute atomic E-state index is 14.2. The Kier molecular flexibility index (Phi) is 5.01. The summed E-state index contributed by atoms with van der Waals surface area (Å²) in [5.74, 6) is -0.475. The fraction of sp³-hybridized carbons (Fsp3) is 0.286. The van der Waals surface area contributed by atoms with Crippen molar-refractivity contribution in [2.45, 2.75) is 12.5 Å². The van der Waals surface area contributed by atoms with Gasteiger partial charge in [0.2, 0.25) is 0 Å². The molecule has 0 radical (unpaired) electrons. The van der Waals surface area contributed by atoms with Gasteiger partial charge in [0.1, 0.15) is 11.6 Å². The van der Waals surface area contributed by atoms with Crippen molar-refractivity contribution in [3.8, 4) is 11.3 Å². The van der Waals surface area contributed by atoms with Crippen LogP contribution < -0.4 is 5.73 Å². The van der Waals surface area contributed by atoms with Crippen molar-refractivity contribution in [2.24, 2.45) is 11.7 Å². The van der Waals surface area contributed by atoms with Gasteiger partial charge in [-0.15, -0.1) is 0 Å². The summed E-state index contributed by atoms with van der Waals surface area (Å²) in [5.41, 5.74) is 8.42. The lowest BCUT2D eigenvalue weighted by molar-refractivity contribution is 0.317.